The van der Waals surface area contributed by atoms with E-state index in [9.17, 15) is 9.59 Å². The number of hydrogen-bond donors (Lipinski definition) is 1. The third kappa shape index (κ3) is 6.59. The van der Waals surface area contributed by atoms with E-state index in [1.165, 1.54) is 7.11 Å². The van der Waals surface area contributed by atoms with E-state index in [1.807, 2.05) is 4.90 Å². The number of primary amides is 1. The SMILES string of the molecule is CCCCC(C(=O)OC)N(CCCC)CC(N)=O. The molecular weight excluding hydrogens is 232 g/mol. The minimum atomic E-state index is -0.406. The average Bonchev–Trinajstić information content (AvgIpc) is 2.34. The van der Waals surface area contributed by atoms with Crippen LogP contribution in [0.1, 0.15) is 46.0 Å². The number of amides is 1. The lowest BCUT2D eigenvalue weighted by Gasteiger charge is -2.28. The molecule has 1 unspecified atom stereocenters. The van der Waals surface area contributed by atoms with Crippen LogP contribution in [0.4, 0.5) is 0 Å². The largest absolute Gasteiger partial charge is 0.468 e. The lowest BCUT2D eigenvalue weighted by molar-refractivity contribution is -0.147. The Bertz CT molecular complexity index is 257. The van der Waals surface area contributed by atoms with E-state index < -0.39 is 5.91 Å². The van der Waals surface area contributed by atoms with Crippen molar-refractivity contribution in [2.45, 2.75) is 52.0 Å². The van der Waals surface area contributed by atoms with Crippen molar-refractivity contribution in [2.24, 2.45) is 5.73 Å². The van der Waals surface area contributed by atoms with Crippen LogP contribution in [0.25, 0.3) is 0 Å². The van der Waals surface area contributed by atoms with E-state index in [4.69, 9.17) is 10.5 Å². The topological polar surface area (TPSA) is 72.6 Å². The molecule has 0 heterocycles. The highest BCUT2D eigenvalue weighted by molar-refractivity contribution is 5.79. The fourth-order valence-corrected chi connectivity index (χ4v) is 1.89. The molecule has 5 heteroatoms. The molecule has 18 heavy (non-hydrogen) atoms. The highest BCUT2D eigenvalue weighted by Crippen LogP contribution is 2.12. The van der Waals surface area contributed by atoms with Gasteiger partial charge in [0.2, 0.25) is 5.91 Å². The Morgan fingerprint density at radius 3 is 2.28 bits per heavy atom. The first kappa shape index (κ1) is 16.9. The summed E-state index contributed by atoms with van der Waals surface area (Å²) in [7, 11) is 1.38. The zero-order valence-electron chi connectivity index (χ0n) is 11.8. The number of unbranched alkanes of at least 4 members (excludes halogenated alkanes) is 2. The van der Waals surface area contributed by atoms with Crippen LogP contribution in [0, 0.1) is 0 Å². The first-order valence-electron chi connectivity index (χ1n) is 6.66. The van der Waals surface area contributed by atoms with E-state index >= 15 is 0 Å². The molecule has 0 aliphatic carbocycles. The molecule has 0 aromatic carbocycles. The Hall–Kier alpha value is -1.10. The standard InChI is InChI=1S/C13H26N2O3/c1-4-6-8-11(13(17)18-3)15(9-7-5-2)10-12(14)16/h11H,4-10H2,1-3H3,(H2,14,16). The molecular formula is C13H26N2O3. The van der Waals surface area contributed by atoms with Gasteiger partial charge in [-0.3, -0.25) is 14.5 Å². The molecule has 0 radical (unpaired) electrons. The van der Waals surface area contributed by atoms with Gasteiger partial charge < -0.3 is 10.5 Å². The number of methoxy groups -OCH3 is 1. The number of carbonyl (C=O) groups is 2. The smallest absolute Gasteiger partial charge is 0.323 e. The quantitative estimate of drug-likeness (QED) is 0.600. The number of esters is 1. The Labute approximate surface area is 110 Å². The Morgan fingerprint density at radius 1 is 1.22 bits per heavy atom. The van der Waals surface area contributed by atoms with Gasteiger partial charge in [-0.2, -0.15) is 0 Å². The van der Waals surface area contributed by atoms with Crippen LogP contribution in [0.5, 0.6) is 0 Å². The molecule has 0 bridgehead atoms. The normalized spacial score (nSPS) is 12.4. The van der Waals surface area contributed by atoms with Crippen LogP contribution in [0.15, 0.2) is 0 Å². The molecule has 0 saturated heterocycles. The second kappa shape index (κ2) is 9.88. The summed E-state index contributed by atoms with van der Waals surface area (Å²) in [6, 6.07) is -0.353. The Morgan fingerprint density at radius 2 is 1.83 bits per heavy atom. The highest BCUT2D eigenvalue weighted by Gasteiger charge is 2.26. The van der Waals surface area contributed by atoms with E-state index in [0.29, 0.717) is 13.0 Å². The molecule has 0 rings (SSSR count). The van der Waals surface area contributed by atoms with Crippen molar-refractivity contribution in [1.29, 1.82) is 0 Å². The van der Waals surface area contributed by atoms with Crippen LogP contribution < -0.4 is 5.73 Å². The second-order valence-electron chi connectivity index (χ2n) is 4.47. The summed E-state index contributed by atoms with van der Waals surface area (Å²) in [5.74, 6) is -0.683. The maximum Gasteiger partial charge on any atom is 0.323 e. The van der Waals surface area contributed by atoms with Crippen LogP contribution in [0.3, 0.4) is 0 Å². The number of nitrogens with two attached hydrogens (primary N) is 1. The molecule has 0 aromatic heterocycles. The van der Waals surface area contributed by atoms with Crippen molar-refractivity contribution < 1.29 is 14.3 Å². The second-order valence-corrected chi connectivity index (χ2v) is 4.47. The van der Waals surface area contributed by atoms with Gasteiger partial charge in [-0.25, -0.2) is 0 Å². The van der Waals surface area contributed by atoms with Crippen LogP contribution >= 0.6 is 0 Å². The maximum absolute atomic E-state index is 11.8. The van der Waals surface area contributed by atoms with Crippen molar-refractivity contribution in [2.75, 3.05) is 20.2 Å². The molecule has 106 valence electrons. The zero-order valence-corrected chi connectivity index (χ0v) is 11.8. The molecule has 5 nitrogen and oxygen atoms in total. The molecule has 1 amide bonds. The minimum absolute atomic E-state index is 0.115. The molecule has 0 fully saturated rings. The number of ether oxygens (including phenoxy) is 1. The lowest BCUT2D eigenvalue weighted by atomic mass is 10.1. The van der Waals surface area contributed by atoms with Crippen molar-refractivity contribution in [3.63, 3.8) is 0 Å². The predicted molar refractivity (Wildman–Crippen MR) is 71.0 cm³/mol. The summed E-state index contributed by atoms with van der Waals surface area (Å²) in [5, 5.41) is 0. The van der Waals surface area contributed by atoms with Crippen LogP contribution in [0.2, 0.25) is 0 Å². The van der Waals surface area contributed by atoms with Gasteiger partial charge >= 0.3 is 5.97 Å². The van der Waals surface area contributed by atoms with Crippen molar-refractivity contribution in [3.05, 3.63) is 0 Å². The minimum Gasteiger partial charge on any atom is -0.468 e. The molecule has 2 N–H and O–H groups in total. The molecule has 0 spiro atoms. The third-order valence-corrected chi connectivity index (χ3v) is 2.90. The highest BCUT2D eigenvalue weighted by atomic mass is 16.5. The van der Waals surface area contributed by atoms with Gasteiger partial charge in [-0.05, 0) is 19.4 Å². The molecule has 0 aliphatic rings. The fourth-order valence-electron chi connectivity index (χ4n) is 1.89. The van der Waals surface area contributed by atoms with Gasteiger partial charge in [-0.1, -0.05) is 33.1 Å². The van der Waals surface area contributed by atoms with Crippen LogP contribution in [-0.4, -0.2) is 43.0 Å². The van der Waals surface area contributed by atoms with E-state index in [1.54, 1.807) is 0 Å². The Kier molecular flexibility index (Phi) is 9.28. The number of carbonyl (C=O) groups excluding carboxylic acids is 2. The van der Waals surface area contributed by atoms with Gasteiger partial charge in [0.05, 0.1) is 13.7 Å². The first-order chi connectivity index (χ1) is 8.56. The fraction of sp³-hybridized carbons (Fsp3) is 0.846. The summed E-state index contributed by atoms with van der Waals surface area (Å²) in [6.45, 7) is 4.95. The summed E-state index contributed by atoms with van der Waals surface area (Å²) in [5.41, 5.74) is 5.24. The van der Waals surface area contributed by atoms with E-state index in [0.717, 1.165) is 25.7 Å². The molecule has 0 aliphatic heterocycles. The van der Waals surface area contributed by atoms with Gasteiger partial charge in [0.15, 0.2) is 0 Å². The Balaban J connectivity index is 4.68. The molecule has 0 aromatic rings. The predicted octanol–water partition coefficient (Wildman–Crippen LogP) is 1.31. The number of hydrogen-bond acceptors (Lipinski definition) is 4. The number of nitrogens with zero attached hydrogens (tertiary/aromatic N) is 1. The molecule has 1 atom stereocenters. The van der Waals surface area contributed by atoms with Gasteiger partial charge in [0, 0.05) is 0 Å². The number of rotatable bonds is 10. The van der Waals surface area contributed by atoms with E-state index in [2.05, 4.69) is 13.8 Å². The average molecular weight is 258 g/mol. The van der Waals surface area contributed by atoms with Crippen molar-refractivity contribution >= 4 is 11.9 Å². The maximum atomic E-state index is 11.8. The first-order valence-corrected chi connectivity index (χ1v) is 6.66. The zero-order chi connectivity index (χ0) is 14.0. The summed E-state index contributed by atoms with van der Waals surface area (Å²) in [6.07, 6.45) is 4.59. The lowest BCUT2D eigenvalue weighted by Crippen LogP contribution is -2.46. The summed E-state index contributed by atoms with van der Waals surface area (Å²) >= 11 is 0. The van der Waals surface area contributed by atoms with Crippen LogP contribution in [-0.2, 0) is 14.3 Å². The van der Waals surface area contributed by atoms with Gasteiger partial charge in [0.25, 0.3) is 0 Å². The monoisotopic (exact) mass is 258 g/mol. The van der Waals surface area contributed by atoms with E-state index in [-0.39, 0.29) is 18.6 Å². The van der Waals surface area contributed by atoms with Gasteiger partial charge in [-0.15, -0.1) is 0 Å². The van der Waals surface area contributed by atoms with Crippen molar-refractivity contribution in [1.82, 2.24) is 4.90 Å². The summed E-state index contributed by atoms with van der Waals surface area (Å²) < 4.78 is 4.82. The third-order valence-electron chi connectivity index (χ3n) is 2.90. The molecule has 0 saturated carbocycles. The van der Waals surface area contributed by atoms with Gasteiger partial charge in [0.1, 0.15) is 6.04 Å². The summed E-state index contributed by atoms with van der Waals surface area (Å²) in [4.78, 5) is 24.7. The van der Waals surface area contributed by atoms with Crippen molar-refractivity contribution in [3.8, 4) is 0 Å².